The van der Waals surface area contributed by atoms with Crippen LogP contribution in [-0.2, 0) is 11.3 Å². The Bertz CT molecular complexity index is 654. The van der Waals surface area contributed by atoms with E-state index in [0.717, 1.165) is 20.3 Å². The number of benzene rings is 1. The molecule has 0 amide bonds. The van der Waals surface area contributed by atoms with E-state index in [2.05, 4.69) is 20.9 Å². The van der Waals surface area contributed by atoms with Gasteiger partial charge in [0, 0.05) is 28.1 Å². The highest BCUT2D eigenvalue weighted by Crippen LogP contribution is 2.25. The number of halogens is 4. The van der Waals surface area contributed by atoms with E-state index >= 15 is 0 Å². The van der Waals surface area contributed by atoms with Gasteiger partial charge >= 0.3 is 12.1 Å². The molecule has 0 saturated carbocycles. The van der Waals surface area contributed by atoms with Gasteiger partial charge in [-0.3, -0.25) is 9.69 Å². The molecule has 4 nitrogen and oxygen atoms in total. The number of hydrogen-bond donors (Lipinski definition) is 2. The van der Waals surface area contributed by atoms with Gasteiger partial charge in [0.05, 0.1) is 13.1 Å². The predicted molar refractivity (Wildman–Crippen MR) is 75.0 cm³/mol. The lowest BCUT2D eigenvalue weighted by Crippen LogP contribution is -2.37. The molecule has 0 spiro atoms. The Hall–Kier alpha value is -1.54. The summed E-state index contributed by atoms with van der Waals surface area (Å²) in [7, 11) is 0. The molecule has 0 bridgehead atoms. The summed E-state index contributed by atoms with van der Waals surface area (Å²) in [6, 6.07) is 5.40. The zero-order valence-corrected chi connectivity index (χ0v) is 12.3. The highest BCUT2D eigenvalue weighted by Gasteiger charge is 2.31. The van der Waals surface area contributed by atoms with Gasteiger partial charge in [0.15, 0.2) is 0 Å². The third-order valence-electron chi connectivity index (χ3n) is 2.89. The number of nitrogens with one attached hydrogen (secondary N) is 1. The highest BCUT2D eigenvalue weighted by atomic mass is 79.9. The summed E-state index contributed by atoms with van der Waals surface area (Å²) in [5, 5.41) is 9.51. The van der Waals surface area contributed by atoms with Crippen LogP contribution in [0.4, 0.5) is 13.2 Å². The Balaban J connectivity index is 2.25. The van der Waals surface area contributed by atoms with Crippen molar-refractivity contribution < 1.29 is 23.1 Å². The van der Waals surface area contributed by atoms with E-state index in [1.54, 1.807) is 18.3 Å². The molecule has 0 aliphatic rings. The number of rotatable bonds is 5. The van der Waals surface area contributed by atoms with Crippen molar-refractivity contribution in [2.75, 3.05) is 13.1 Å². The molecule has 0 atom stereocenters. The highest BCUT2D eigenvalue weighted by molar-refractivity contribution is 9.10. The zero-order valence-electron chi connectivity index (χ0n) is 10.7. The minimum atomic E-state index is -4.44. The van der Waals surface area contributed by atoms with Crippen molar-refractivity contribution in [3.05, 3.63) is 34.4 Å². The third kappa shape index (κ3) is 4.47. The van der Waals surface area contributed by atoms with Gasteiger partial charge in [0.1, 0.15) is 0 Å². The lowest BCUT2D eigenvalue weighted by Gasteiger charge is -2.21. The second kappa shape index (κ2) is 6.07. The van der Waals surface area contributed by atoms with Crippen LogP contribution in [0, 0.1) is 0 Å². The van der Waals surface area contributed by atoms with Crippen LogP contribution in [0.3, 0.4) is 0 Å². The van der Waals surface area contributed by atoms with Crippen LogP contribution in [-0.4, -0.2) is 40.2 Å². The van der Waals surface area contributed by atoms with Crippen molar-refractivity contribution >= 4 is 32.8 Å². The monoisotopic (exact) mass is 364 g/mol. The second-order valence-corrected chi connectivity index (χ2v) is 5.57. The van der Waals surface area contributed by atoms with Crippen LogP contribution in [0.15, 0.2) is 28.9 Å². The molecule has 0 radical (unpaired) electrons. The van der Waals surface area contributed by atoms with Crippen molar-refractivity contribution in [1.82, 2.24) is 9.88 Å². The zero-order chi connectivity index (χ0) is 15.6. The second-order valence-electron chi connectivity index (χ2n) is 4.66. The molecule has 114 valence electrons. The van der Waals surface area contributed by atoms with Crippen LogP contribution in [0.2, 0.25) is 0 Å². The molecule has 0 fully saturated rings. The van der Waals surface area contributed by atoms with E-state index < -0.39 is 25.2 Å². The number of hydrogen-bond acceptors (Lipinski definition) is 2. The van der Waals surface area contributed by atoms with Crippen LogP contribution in [0.25, 0.3) is 10.9 Å². The van der Waals surface area contributed by atoms with Crippen molar-refractivity contribution in [3.63, 3.8) is 0 Å². The maximum absolute atomic E-state index is 12.5. The number of aromatic amines is 1. The fourth-order valence-corrected chi connectivity index (χ4v) is 2.50. The molecule has 2 N–H and O–H groups in total. The summed E-state index contributed by atoms with van der Waals surface area (Å²) in [6.07, 6.45) is -2.84. The minimum Gasteiger partial charge on any atom is -0.480 e. The Morgan fingerprint density at radius 2 is 2.10 bits per heavy atom. The Morgan fingerprint density at radius 1 is 1.38 bits per heavy atom. The quantitative estimate of drug-likeness (QED) is 0.854. The summed E-state index contributed by atoms with van der Waals surface area (Å²) >= 11 is 3.31. The first kappa shape index (κ1) is 15.8. The summed E-state index contributed by atoms with van der Waals surface area (Å²) < 4.78 is 38.3. The largest absolute Gasteiger partial charge is 0.480 e. The summed E-state index contributed by atoms with van der Waals surface area (Å²) in [5.41, 5.74) is 1.41. The molecule has 2 rings (SSSR count). The topological polar surface area (TPSA) is 56.3 Å². The third-order valence-corrected chi connectivity index (χ3v) is 3.38. The molecular weight excluding hydrogens is 353 g/mol. The molecule has 0 unspecified atom stereocenters. The van der Waals surface area contributed by atoms with Crippen LogP contribution >= 0.6 is 15.9 Å². The Labute approximate surface area is 126 Å². The first-order chi connectivity index (χ1) is 9.74. The number of H-pyrrole nitrogens is 1. The van der Waals surface area contributed by atoms with Gasteiger partial charge in [0.2, 0.25) is 0 Å². The van der Waals surface area contributed by atoms with Crippen LogP contribution in [0.5, 0.6) is 0 Å². The number of aromatic nitrogens is 1. The lowest BCUT2D eigenvalue weighted by molar-refractivity contribution is -0.154. The van der Waals surface area contributed by atoms with Crippen molar-refractivity contribution in [1.29, 1.82) is 0 Å². The predicted octanol–water partition coefficient (Wildman–Crippen LogP) is 3.38. The van der Waals surface area contributed by atoms with E-state index in [0.29, 0.717) is 5.56 Å². The molecule has 2 aromatic rings. The van der Waals surface area contributed by atoms with Gasteiger partial charge in [-0.1, -0.05) is 15.9 Å². The molecule has 0 saturated heterocycles. The van der Waals surface area contributed by atoms with E-state index in [-0.39, 0.29) is 6.54 Å². The van der Waals surface area contributed by atoms with Gasteiger partial charge in [-0.25, -0.2) is 0 Å². The maximum Gasteiger partial charge on any atom is 0.401 e. The standard InChI is InChI=1S/C13H12BrF3N2O2/c14-9-1-2-11-10(3-9)8(4-18-11)5-19(6-12(20)21)7-13(15,16)17/h1-4,18H,5-7H2,(H,20,21). The average Bonchev–Trinajstić information content (AvgIpc) is 2.69. The first-order valence-electron chi connectivity index (χ1n) is 6.01. The summed E-state index contributed by atoms with van der Waals surface area (Å²) in [5.74, 6) is -1.29. The van der Waals surface area contributed by atoms with E-state index in [1.165, 1.54) is 0 Å². The summed E-state index contributed by atoms with van der Waals surface area (Å²) in [6.45, 7) is -2.03. The molecule has 1 aromatic heterocycles. The van der Waals surface area contributed by atoms with Gasteiger partial charge in [-0.2, -0.15) is 13.2 Å². The van der Waals surface area contributed by atoms with Gasteiger partial charge in [-0.15, -0.1) is 0 Å². The van der Waals surface area contributed by atoms with Gasteiger partial charge in [0.25, 0.3) is 0 Å². The SMILES string of the molecule is O=C(O)CN(Cc1c[nH]c2ccc(Br)cc12)CC(F)(F)F. The Kier molecular flexibility index (Phi) is 4.58. The number of nitrogens with zero attached hydrogens (tertiary/aromatic N) is 1. The number of alkyl halides is 3. The lowest BCUT2D eigenvalue weighted by atomic mass is 10.1. The van der Waals surface area contributed by atoms with Gasteiger partial charge < -0.3 is 10.1 Å². The van der Waals surface area contributed by atoms with E-state index in [4.69, 9.17) is 5.11 Å². The average molecular weight is 365 g/mol. The van der Waals surface area contributed by atoms with Crippen molar-refractivity contribution in [2.45, 2.75) is 12.7 Å². The van der Waals surface area contributed by atoms with Crippen LogP contribution in [0.1, 0.15) is 5.56 Å². The van der Waals surface area contributed by atoms with Crippen LogP contribution < -0.4 is 0 Å². The maximum atomic E-state index is 12.5. The van der Waals surface area contributed by atoms with E-state index in [9.17, 15) is 18.0 Å². The van der Waals surface area contributed by atoms with E-state index in [1.807, 2.05) is 6.07 Å². The summed E-state index contributed by atoms with van der Waals surface area (Å²) in [4.78, 5) is 14.5. The van der Waals surface area contributed by atoms with Gasteiger partial charge in [-0.05, 0) is 23.8 Å². The van der Waals surface area contributed by atoms with Crippen molar-refractivity contribution in [2.24, 2.45) is 0 Å². The number of aliphatic carboxylic acids is 1. The Morgan fingerprint density at radius 3 is 2.71 bits per heavy atom. The fraction of sp³-hybridized carbons (Fsp3) is 0.308. The normalized spacial score (nSPS) is 12.2. The number of fused-ring (bicyclic) bond motifs is 1. The first-order valence-corrected chi connectivity index (χ1v) is 6.80. The molecule has 0 aliphatic carbocycles. The fourth-order valence-electron chi connectivity index (χ4n) is 2.13. The smallest absolute Gasteiger partial charge is 0.401 e. The minimum absolute atomic E-state index is 0.0950. The number of carbonyl (C=O) groups is 1. The molecule has 0 aliphatic heterocycles. The molecule has 1 aromatic carbocycles. The molecular formula is C13H12BrF3N2O2. The molecule has 8 heteroatoms. The molecule has 1 heterocycles. The molecule has 21 heavy (non-hydrogen) atoms. The number of carboxylic acids is 1. The number of carboxylic acid groups (broad SMARTS) is 1. The van der Waals surface area contributed by atoms with Crippen molar-refractivity contribution in [3.8, 4) is 0 Å².